The second kappa shape index (κ2) is 5.62. The molecule has 0 radical (unpaired) electrons. The summed E-state index contributed by atoms with van der Waals surface area (Å²) in [5.74, 6) is -0.525. The van der Waals surface area contributed by atoms with Crippen LogP contribution in [-0.4, -0.2) is 37.9 Å². The van der Waals surface area contributed by atoms with E-state index in [-0.39, 0.29) is 5.16 Å². The van der Waals surface area contributed by atoms with Gasteiger partial charge in [0.2, 0.25) is 5.16 Å². The van der Waals surface area contributed by atoms with Gasteiger partial charge in [-0.25, -0.2) is 9.67 Å². The number of rotatable bonds is 4. The first-order valence-corrected chi connectivity index (χ1v) is 6.30. The van der Waals surface area contributed by atoms with Crippen molar-refractivity contribution in [2.45, 2.75) is 17.4 Å². The van der Waals surface area contributed by atoms with Crippen LogP contribution in [0.4, 0.5) is 13.2 Å². The first kappa shape index (κ1) is 13.9. The van der Waals surface area contributed by atoms with Gasteiger partial charge in [0.15, 0.2) is 6.10 Å². The molecule has 8 heteroatoms. The number of hydrogen-bond acceptors (Lipinski definition) is 4. The molecule has 0 saturated carbocycles. The Morgan fingerprint density at radius 3 is 2.58 bits per heavy atom. The molecule has 0 amide bonds. The Hall–Kier alpha value is -1.54. The molecule has 1 unspecified atom stereocenters. The Morgan fingerprint density at radius 1 is 1.26 bits per heavy atom. The molecule has 4 nitrogen and oxygen atoms in total. The fourth-order valence-corrected chi connectivity index (χ4v) is 2.03. The van der Waals surface area contributed by atoms with Crippen molar-refractivity contribution in [3.63, 3.8) is 0 Å². The SMILES string of the molecule is OC(CSc1ncn(-c2ccccc2)n1)C(F)(F)F. The van der Waals surface area contributed by atoms with Gasteiger partial charge in [-0.2, -0.15) is 13.2 Å². The summed E-state index contributed by atoms with van der Waals surface area (Å²) in [4.78, 5) is 3.88. The summed E-state index contributed by atoms with van der Waals surface area (Å²) in [5.41, 5.74) is 0.762. The van der Waals surface area contributed by atoms with Crippen LogP contribution in [0.3, 0.4) is 0 Å². The molecule has 1 atom stereocenters. The largest absolute Gasteiger partial charge is 0.415 e. The van der Waals surface area contributed by atoms with Gasteiger partial charge < -0.3 is 5.11 Å². The van der Waals surface area contributed by atoms with Gasteiger partial charge in [0.25, 0.3) is 0 Å². The maximum absolute atomic E-state index is 12.1. The van der Waals surface area contributed by atoms with E-state index in [1.165, 1.54) is 11.0 Å². The van der Waals surface area contributed by atoms with Gasteiger partial charge in [-0.3, -0.25) is 0 Å². The lowest BCUT2D eigenvalue weighted by Gasteiger charge is -2.12. The van der Waals surface area contributed by atoms with Crippen LogP contribution in [0.25, 0.3) is 5.69 Å². The molecule has 0 saturated heterocycles. The fraction of sp³-hybridized carbons (Fsp3) is 0.273. The van der Waals surface area contributed by atoms with E-state index < -0.39 is 18.0 Å². The van der Waals surface area contributed by atoms with Crippen molar-refractivity contribution in [1.29, 1.82) is 0 Å². The zero-order valence-corrected chi connectivity index (χ0v) is 10.4. The van der Waals surface area contributed by atoms with E-state index in [4.69, 9.17) is 5.11 Å². The average molecular weight is 289 g/mol. The minimum Gasteiger partial charge on any atom is -0.383 e. The highest BCUT2D eigenvalue weighted by Gasteiger charge is 2.38. The molecule has 2 rings (SSSR count). The zero-order valence-electron chi connectivity index (χ0n) is 9.58. The highest BCUT2D eigenvalue weighted by Crippen LogP contribution is 2.25. The summed E-state index contributed by atoms with van der Waals surface area (Å²) in [6, 6.07) is 9.08. The number of hydrogen-bond donors (Lipinski definition) is 1. The molecule has 102 valence electrons. The van der Waals surface area contributed by atoms with Crippen molar-refractivity contribution in [2.75, 3.05) is 5.75 Å². The van der Waals surface area contributed by atoms with E-state index in [1.54, 1.807) is 12.1 Å². The van der Waals surface area contributed by atoms with Gasteiger partial charge in [0.1, 0.15) is 6.33 Å². The molecule has 0 aliphatic carbocycles. The number of halogens is 3. The number of benzene rings is 1. The number of aliphatic hydroxyl groups excluding tert-OH is 1. The van der Waals surface area contributed by atoms with Crippen LogP contribution in [0.5, 0.6) is 0 Å². The molecule has 19 heavy (non-hydrogen) atoms. The first-order valence-electron chi connectivity index (χ1n) is 5.31. The van der Waals surface area contributed by atoms with Crippen molar-refractivity contribution < 1.29 is 18.3 Å². The monoisotopic (exact) mass is 289 g/mol. The van der Waals surface area contributed by atoms with E-state index in [0.717, 1.165) is 17.4 Å². The molecular formula is C11H10F3N3OS. The van der Waals surface area contributed by atoms with Gasteiger partial charge in [-0.05, 0) is 12.1 Å². The van der Waals surface area contributed by atoms with Crippen molar-refractivity contribution in [3.05, 3.63) is 36.7 Å². The Labute approximate surface area is 111 Å². The predicted octanol–water partition coefficient (Wildman–Crippen LogP) is 2.28. The van der Waals surface area contributed by atoms with Crippen LogP contribution in [0.2, 0.25) is 0 Å². The summed E-state index contributed by atoms with van der Waals surface area (Å²) in [7, 11) is 0. The molecule has 0 fully saturated rings. The average Bonchev–Trinajstić information content (AvgIpc) is 2.84. The zero-order chi connectivity index (χ0) is 13.9. The van der Waals surface area contributed by atoms with E-state index in [9.17, 15) is 13.2 Å². The maximum atomic E-state index is 12.1. The summed E-state index contributed by atoms with van der Waals surface area (Å²) in [5, 5.41) is 13.1. The van der Waals surface area contributed by atoms with Crippen molar-refractivity contribution in [1.82, 2.24) is 14.8 Å². The fourth-order valence-electron chi connectivity index (χ4n) is 1.27. The van der Waals surface area contributed by atoms with Crippen molar-refractivity contribution in [2.24, 2.45) is 0 Å². The van der Waals surface area contributed by atoms with Crippen LogP contribution in [0, 0.1) is 0 Å². The Balaban J connectivity index is 1.99. The van der Waals surface area contributed by atoms with Crippen molar-refractivity contribution in [3.8, 4) is 5.69 Å². The molecule has 0 spiro atoms. The van der Waals surface area contributed by atoms with Gasteiger partial charge in [-0.15, -0.1) is 5.10 Å². The summed E-state index contributed by atoms with van der Waals surface area (Å²) in [6.45, 7) is 0. The predicted molar refractivity (Wildman–Crippen MR) is 64.1 cm³/mol. The molecule has 0 bridgehead atoms. The Kier molecular flexibility index (Phi) is 4.11. The maximum Gasteiger partial charge on any atom is 0.415 e. The number of thioether (sulfide) groups is 1. The minimum absolute atomic E-state index is 0.187. The van der Waals surface area contributed by atoms with Gasteiger partial charge in [0.05, 0.1) is 5.69 Å². The van der Waals surface area contributed by atoms with E-state index in [0.29, 0.717) is 0 Å². The molecule has 1 aromatic heterocycles. The van der Waals surface area contributed by atoms with Gasteiger partial charge in [0, 0.05) is 5.75 Å². The number of aliphatic hydroxyl groups is 1. The van der Waals surface area contributed by atoms with Crippen LogP contribution >= 0.6 is 11.8 Å². The third-order valence-corrected chi connectivity index (χ3v) is 3.17. The molecule has 2 aromatic rings. The van der Waals surface area contributed by atoms with Crippen LogP contribution in [-0.2, 0) is 0 Å². The molecular weight excluding hydrogens is 279 g/mol. The number of alkyl halides is 3. The van der Waals surface area contributed by atoms with E-state index in [2.05, 4.69) is 10.1 Å². The molecule has 0 aliphatic rings. The topological polar surface area (TPSA) is 50.9 Å². The molecule has 1 heterocycles. The third kappa shape index (κ3) is 3.71. The number of aromatic nitrogens is 3. The smallest absolute Gasteiger partial charge is 0.383 e. The first-order chi connectivity index (χ1) is 8.97. The molecule has 1 aromatic carbocycles. The van der Waals surface area contributed by atoms with Crippen LogP contribution in [0.15, 0.2) is 41.8 Å². The molecule has 0 aliphatic heterocycles. The molecule has 1 N–H and O–H groups in total. The van der Waals surface area contributed by atoms with Crippen molar-refractivity contribution >= 4 is 11.8 Å². The highest BCUT2D eigenvalue weighted by molar-refractivity contribution is 7.99. The summed E-state index contributed by atoms with van der Waals surface area (Å²) >= 11 is 0.758. The number of nitrogens with zero attached hydrogens (tertiary/aromatic N) is 3. The Morgan fingerprint density at radius 2 is 1.95 bits per heavy atom. The van der Waals surface area contributed by atoms with Crippen LogP contribution in [0.1, 0.15) is 0 Å². The minimum atomic E-state index is -4.62. The Bertz CT molecular complexity index is 529. The standard InChI is InChI=1S/C11H10F3N3OS/c12-11(13,14)9(18)6-19-10-15-7-17(16-10)8-4-2-1-3-5-8/h1-5,7,9,18H,6H2. The van der Waals surface area contributed by atoms with E-state index in [1.807, 2.05) is 18.2 Å². The highest BCUT2D eigenvalue weighted by atomic mass is 32.2. The van der Waals surface area contributed by atoms with E-state index >= 15 is 0 Å². The quantitative estimate of drug-likeness (QED) is 0.877. The van der Waals surface area contributed by atoms with Gasteiger partial charge in [-0.1, -0.05) is 30.0 Å². The summed E-state index contributed by atoms with van der Waals surface area (Å²) in [6.07, 6.45) is -5.58. The number of para-hydroxylation sites is 1. The second-order valence-electron chi connectivity index (χ2n) is 3.68. The summed E-state index contributed by atoms with van der Waals surface area (Å²) < 4.78 is 37.8. The van der Waals surface area contributed by atoms with Gasteiger partial charge >= 0.3 is 6.18 Å². The lowest BCUT2D eigenvalue weighted by atomic mass is 10.3. The van der Waals surface area contributed by atoms with Crippen LogP contribution < -0.4 is 0 Å². The normalized spacial score (nSPS) is 13.5. The second-order valence-corrected chi connectivity index (χ2v) is 4.66. The third-order valence-electron chi connectivity index (χ3n) is 2.24. The lowest BCUT2D eigenvalue weighted by Crippen LogP contribution is -2.30. The lowest BCUT2D eigenvalue weighted by molar-refractivity contribution is -0.195.